The van der Waals surface area contributed by atoms with E-state index in [9.17, 15) is 24.0 Å². The topological polar surface area (TPSA) is 107 Å². The second-order valence-electron chi connectivity index (χ2n) is 30.3. The van der Waals surface area contributed by atoms with Gasteiger partial charge in [0.1, 0.15) is 8.07 Å². The molecule has 6 aliphatic rings. The number of aldehydes is 1. The van der Waals surface area contributed by atoms with Crippen LogP contribution < -0.4 is 61.5 Å². The van der Waals surface area contributed by atoms with E-state index in [1.807, 2.05) is 24.3 Å². The maximum absolute atomic E-state index is 12.9. The van der Waals surface area contributed by atoms with Crippen LogP contribution in [0.4, 0.5) is 56.6 Å². The minimum absolute atomic E-state index is 0.0504. The number of rotatable bonds is 5. The van der Waals surface area contributed by atoms with Crippen LogP contribution in [0.1, 0.15) is 59.8 Å². The van der Waals surface area contributed by atoms with Gasteiger partial charge in [-0.1, -0.05) is 73.8 Å². The van der Waals surface area contributed by atoms with Crippen LogP contribution in [0.5, 0.6) is 0 Å². The molecule has 4 aliphatic heterocycles. The first-order chi connectivity index (χ1) is 55.7. The number of fused-ring (bicyclic) bond motifs is 10. The zero-order valence-corrected chi connectivity index (χ0v) is 82.7. The fourth-order valence-corrected chi connectivity index (χ4v) is 39.1. The number of hydrogen-bond acceptors (Lipinski definition) is 9. The summed E-state index contributed by atoms with van der Waals surface area (Å²) >= 11 is 1.26. The predicted octanol–water partition coefficient (Wildman–Crippen LogP) is 17.4. The van der Waals surface area contributed by atoms with E-state index in [0.717, 1.165) is 13.4 Å². The Hall–Kier alpha value is -7.56. The van der Waals surface area contributed by atoms with Gasteiger partial charge in [-0.2, -0.15) is 0 Å². The van der Waals surface area contributed by atoms with Crippen molar-refractivity contribution in [3.63, 3.8) is 0 Å². The van der Waals surface area contributed by atoms with Crippen molar-refractivity contribution in [3.8, 4) is 0 Å². The van der Waals surface area contributed by atoms with Crippen molar-refractivity contribution in [3.05, 3.63) is 356 Å². The van der Waals surface area contributed by atoms with Gasteiger partial charge in [0, 0.05) is 22.5 Å². The molecule has 21 rings (SSSR count). The quantitative estimate of drug-likeness (QED) is 0.0450. The zero-order valence-electron chi connectivity index (χ0n) is 64.8. The van der Waals surface area contributed by atoms with Crippen LogP contribution in [-0.4, -0.2) is 164 Å². The number of anilines is 11. The molecule has 0 spiro atoms. The van der Waals surface area contributed by atoms with Gasteiger partial charge in [-0.15, -0.1) is 0 Å². The Bertz CT molecular complexity index is 5860. The number of carbonyl (C=O) groups excluding carboxylic acids is 5. The summed E-state index contributed by atoms with van der Waals surface area (Å²) in [4.78, 5) is 66.3. The van der Waals surface area contributed by atoms with Crippen molar-refractivity contribution in [2.45, 2.75) is 58.8 Å². The first kappa shape index (κ1) is 82.5. The molecular weight excluding hydrogens is 2170 g/mol. The number of nitrogens with zero attached hydrogens (tertiary/aromatic N) is 3. The van der Waals surface area contributed by atoms with Gasteiger partial charge >= 0.3 is 590 Å². The van der Waals surface area contributed by atoms with E-state index < -0.39 is 73.2 Å². The predicted molar refractivity (Wildman–Crippen MR) is 505 cm³/mol. The van der Waals surface area contributed by atoms with Gasteiger partial charge in [0.25, 0.3) is 0 Å². The molecule has 10 aromatic carbocycles. The SMILES string of the molecule is C[Si]1(C)c2ccccc2N(c2ccc(C=C3C(=O)c4ccccc4C3=O)[te]2)c2ccccc21.C[Si]1(C)c2ccccc2N(c2ccc(C=O)[te]2)c2ccccc21.C[Si]1(C)c2ccccc2N(c2ccc[te]2)c2ccccc21.C[Si]1(C)c2ccccc2Nc2ccccc21.Ic1ccc[te]1.O=C1CC(=O)c2ccccc21.c1cc[te]c1. The van der Waals surface area contributed by atoms with Crippen LogP contribution in [0.15, 0.2) is 325 Å². The van der Waals surface area contributed by atoms with Crippen molar-refractivity contribution < 1.29 is 24.0 Å². The number of benzene rings is 10. The molecule has 0 radical (unpaired) electrons. The van der Waals surface area contributed by atoms with Crippen molar-refractivity contribution in [1.29, 1.82) is 0 Å². The van der Waals surface area contributed by atoms with E-state index in [2.05, 4.69) is 360 Å². The van der Waals surface area contributed by atoms with E-state index in [0.29, 0.717) is 27.8 Å². The van der Waals surface area contributed by atoms with Crippen LogP contribution in [0.3, 0.4) is 0 Å². The first-order valence-corrected chi connectivity index (χ1v) is 63.5. The summed E-state index contributed by atoms with van der Waals surface area (Å²) in [5.41, 5.74) is 13.1. The second kappa shape index (κ2) is 35.9. The van der Waals surface area contributed by atoms with Crippen molar-refractivity contribution in [2.24, 2.45) is 0 Å². The molecule has 570 valence electrons. The Kier molecular flexibility index (Phi) is 25.8. The van der Waals surface area contributed by atoms with Crippen LogP contribution >= 0.6 is 22.6 Å². The summed E-state index contributed by atoms with van der Waals surface area (Å²) in [6, 6.07) is 106. The van der Waals surface area contributed by atoms with Gasteiger partial charge < -0.3 is 5.32 Å². The minimum atomic E-state index is -1.80. The van der Waals surface area contributed by atoms with Crippen LogP contribution in [0, 0.1) is 1.59 Å². The number of nitrogens with one attached hydrogen (secondary N) is 1. The zero-order chi connectivity index (χ0) is 80.2. The molecule has 5 aromatic heterocycles. The molecule has 0 amide bonds. The van der Waals surface area contributed by atoms with Gasteiger partial charge in [0.15, 0.2) is 11.6 Å². The van der Waals surface area contributed by atoms with Gasteiger partial charge in [-0.3, -0.25) is 9.59 Å². The molecule has 0 bridgehead atoms. The third-order valence-electron chi connectivity index (χ3n) is 21.8. The fraction of sp³-hybridized carbons (Fsp3) is 0.0938. The molecule has 115 heavy (non-hydrogen) atoms. The van der Waals surface area contributed by atoms with Gasteiger partial charge in [-0.25, -0.2) is 0 Å². The molecular formula is C96H83IN4O5Si4Te5. The number of ketones is 4. The molecule has 9 nitrogen and oxygen atoms in total. The van der Waals surface area contributed by atoms with E-state index >= 15 is 0 Å². The van der Waals surface area contributed by atoms with E-state index in [1.165, 1.54) is 87.7 Å². The second-order valence-corrected chi connectivity index (χ2v) is 65.0. The summed E-state index contributed by atoms with van der Waals surface area (Å²) in [6.07, 6.45) is 2.92. The number of halogens is 1. The van der Waals surface area contributed by atoms with Crippen LogP contribution in [0.25, 0.3) is 6.08 Å². The summed E-state index contributed by atoms with van der Waals surface area (Å²) in [5.74, 6) is -0.408. The van der Waals surface area contributed by atoms with Gasteiger partial charge in [0.2, 0.25) is 0 Å². The Morgan fingerprint density at radius 2 is 0.643 bits per heavy atom. The summed E-state index contributed by atoms with van der Waals surface area (Å²) in [5, 5.41) is 15.5. The monoisotopic (exact) mass is 2260 g/mol. The summed E-state index contributed by atoms with van der Waals surface area (Å²) in [6.45, 7) is 19.5. The molecule has 2 aliphatic carbocycles. The Morgan fingerprint density at radius 1 is 0.322 bits per heavy atom. The van der Waals surface area contributed by atoms with Crippen molar-refractivity contribution in [2.75, 3.05) is 20.0 Å². The number of hydrogen-bond donors (Lipinski definition) is 1. The van der Waals surface area contributed by atoms with Crippen molar-refractivity contribution in [1.82, 2.24) is 0 Å². The van der Waals surface area contributed by atoms with Gasteiger partial charge in [0.05, 0.1) is 6.42 Å². The molecule has 1 N–H and O–H groups in total. The first-order valence-electron chi connectivity index (χ1n) is 38.0. The molecule has 0 atom stereocenters. The Morgan fingerprint density at radius 3 is 0.974 bits per heavy atom. The molecule has 15 aromatic rings. The molecule has 0 saturated heterocycles. The number of allylic oxidation sites excluding steroid dienone is 1. The summed E-state index contributed by atoms with van der Waals surface area (Å²) < 4.78 is 16.9. The van der Waals surface area contributed by atoms with E-state index in [4.69, 9.17) is 0 Å². The number of para-hydroxylation sites is 8. The Balaban J connectivity index is 0.000000113. The van der Waals surface area contributed by atoms with Gasteiger partial charge in [-0.05, 0) is 22.5 Å². The molecule has 19 heteroatoms. The van der Waals surface area contributed by atoms with Crippen LogP contribution in [-0.2, 0) is 0 Å². The molecule has 0 unspecified atom stereocenters. The fourth-order valence-electron chi connectivity index (χ4n) is 16.1. The number of Topliss-reactive ketones (excluding diaryl/α,β-unsaturated/α-hetero) is 4. The third kappa shape index (κ3) is 17.0. The van der Waals surface area contributed by atoms with E-state index in [1.54, 1.807) is 48.4 Å². The van der Waals surface area contributed by atoms with Crippen molar-refractivity contribution >= 4 is 291 Å². The molecule has 0 fully saturated rings. The van der Waals surface area contributed by atoms with E-state index in [-0.39, 0.29) is 90.8 Å². The number of carbonyl (C=O) groups is 5. The average Bonchev–Trinajstić information content (AvgIpc) is 1.47. The maximum atomic E-state index is 12.9. The normalized spacial score (nSPS) is 14.8. The van der Waals surface area contributed by atoms with Crippen LogP contribution in [0.2, 0.25) is 52.4 Å². The molecule has 9 heterocycles. The third-order valence-corrected chi connectivity index (χ3v) is 49.9. The molecule has 0 saturated carbocycles. The Labute approximate surface area is 740 Å². The average molecular weight is 2250 g/mol. The summed E-state index contributed by atoms with van der Waals surface area (Å²) in [7, 11) is -6.58. The standard InChI is InChI=1S/C28H21NO2SiTe.C19H17NOSiTe.C18H17NSiTe.C14H15NSi.C9H6O2.C4H3ITe.C4H4Te/c1-32(2)24-13-7-5-11-22(24)29(23-12-6-8-14-25(23)32)26-16-15-18(33-26)17-21-27(30)19-9-3-4-10-20(19)28(21)31;1-22(2)17-9-5-3-7-15(17)20(16-8-4-6-10-18(16)22)19-12-11-14(13-21)23-19;1-20(2)16-10-5-3-8-14(16)19(18-12-7-13-21-18)15-9-4-6-11-17(15)20;1-16(2)13-9-5-3-7-11(13)15-12-8-4-6-10-14(12)16;10-8-5-9(11)7-4-2-1-3-6(7)8;5-4-2-1-3-6-4;1-2-4-5-3-1/h3-17H,1-2H3;3-13H,1-2H3;3-13H,1-2H3;3-10,15H,1-2H3;1-4H,5H2;1-3H;1-4H.